The van der Waals surface area contributed by atoms with Crippen molar-refractivity contribution in [1.82, 2.24) is 4.72 Å². The van der Waals surface area contributed by atoms with Crippen molar-refractivity contribution >= 4 is 10.0 Å². The van der Waals surface area contributed by atoms with Crippen molar-refractivity contribution in [3.63, 3.8) is 0 Å². The highest BCUT2D eigenvalue weighted by atomic mass is 32.2. The Morgan fingerprint density at radius 2 is 1.59 bits per heavy atom. The first kappa shape index (κ1) is 18.9. The van der Waals surface area contributed by atoms with Gasteiger partial charge in [-0.3, -0.25) is 0 Å². The fraction of sp³-hybridized carbons (Fsp3) is 0.556. The molecule has 0 saturated carbocycles. The van der Waals surface area contributed by atoms with Gasteiger partial charge in [0.1, 0.15) is 0 Å². The molecule has 1 aromatic rings. The van der Waals surface area contributed by atoms with Gasteiger partial charge < -0.3 is 0 Å². The van der Waals surface area contributed by atoms with E-state index in [1.165, 1.54) is 0 Å². The van der Waals surface area contributed by atoms with Crippen LogP contribution in [-0.4, -0.2) is 14.2 Å². The third-order valence-electron chi connectivity index (χ3n) is 3.36. The van der Waals surface area contributed by atoms with Crippen molar-refractivity contribution < 1.29 is 8.42 Å². The lowest BCUT2D eigenvalue weighted by Crippen LogP contribution is -2.42. The zero-order valence-electron chi connectivity index (χ0n) is 14.4. The van der Waals surface area contributed by atoms with Crippen LogP contribution in [0.4, 0.5) is 0 Å². The summed E-state index contributed by atoms with van der Waals surface area (Å²) in [6.07, 6.45) is 5.52. The van der Waals surface area contributed by atoms with Crippen LogP contribution in [0.5, 0.6) is 0 Å². The Kier molecular flexibility index (Phi) is 6.38. The smallest absolute Gasteiger partial charge is 0.212 e. The van der Waals surface area contributed by atoms with E-state index in [0.29, 0.717) is 6.42 Å². The normalized spacial score (nSPS) is 13.7. The van der Waals surface area contributed by atoms with Crippen molar-refractivity contribution in [2.75, 3.05) is 5.75 Å². The first-order chi connectivity index (χ1) is 10.0. The molecule has 0 heterocycles. The lowest BCUT2D eigenvalue weighted by molar-refractivity contribution is 0.420. The molecular formula is C18H29NO2S. The molecule has 4 heteroatoms. The molecule has 0 unspecified atom stereocenters. The lowest BCUT2D eigenvalue weighted by atomic mass is 9.92. The van der Waals surface area contributed by atoms with Crippen LogP contribution < -0.4 is 4.72 Å². The number of rotatable bonds is 7. The standard InChI is InChI=1S/C18H29NO2S/c1-17(2,3)14-10-7-11-15-22(20,21)19-18(4,5)16-12-8-6-9-13-16/h6-10,12-13,19H,11,14-15H2,1-5H3/b10-7-. The van der Waals surface area contributed by atoms with Gasteiger partial charge in [0, 0.05) is 0 Å². The number of nitrogens with one attached hydrogen (secondary N) is 1. The van der Waals surface area contributed by atoms with E-state index >= 15 is 0 Å². The highest BCUT2D eigenvalue weighted by Gasteiger charge is 2.25. The molecule has 0 aliphatic rings. The van der Waals surface area contributed by atoms with Crippen molar-refractivity contribution in [2.45, 2.75) is 53.0 Å². The van der Waals surface area contributed by atoms with Crippen LogP contribution in [-0.2, 0) is 15.6 Å². The van der Waals surface area contributed by atoms with Crippen LogP contribution in [0, 0.1) is 5.41 Å². The summed E-state index contributed by atoms with van der Waals surface area (Å²) in [6.45, 7) is 10.3. The van der Waals surface area contributed by atoms with Crippen LogP contribution in [0.25, 0.3) is 0 Å². The third kappa shape index (κ3) is 7.23. The van der Waals surface area contributed by atoms with Crippen LogP contribution in [0.2, 0.25) is 0 Å². The molecule has 0 aliphatic heterocycles. The number of hydrogen-bond donors (Lipinski definition) is 1. The van der Waals surface area contributed by atoms with Crippen molar-refractivity contribution in [2.24, 2.45) is 5.41 Å². The molecule has 0 aromatic heterocycles. The largest absolute Gasteiger partial charge is 0.212 e. The molecule has 0 spiro atoms. The van der Waals surface area contributed by atoms with Crippen molar-refractivity contribution in [3.8, 4) is 0 Å². The van der Waals surface area contributed by atoms with E-state index in [0.717, 1.165) is 12.0 Å². The molecule has 0 fully saturated rings. The van der Waals surface area contributed by atoms with Gasteiger partial charge in [-0.05, 0) is 37.7 Å². The van der Waals surface area contributed by atoms with E-state index < -0.39 is 15.6 Å². The maximum atomic E-state index is 12.2. The summed E-state index contributed by atoms with van der Waals surface area (Å²) in [5, 5.41) is 0. The molecule has 1 N–H and O–H groups in total. The first-order valence-corrected chi connectivity index (χ1v) is 9.39. The van der Waals surface area contributed by atoms with Crippen LogP contribution in [0.15, 0.2) is 42.5 Å². The van der Waals surface area contributed by atoms with E-state index in [4.69, 9.17) is 0 Å². The first-order valence-electron chi connectivity index (χ1n) is 7.74. The van der Waals surface area contributed by atoms with E-state index in [9.17, 15) is 8.42 Å². The van der Waals surface area contributed by atoms with Crippen LogP contribution in [0.1, 0.15) is 53.0 Å². The fourth-order valence-corrected chi connectivity index (χ4v) is 3.58. The minimum absolute atomic E-state index is 0.115. The van der Waals surface area contributed by atoms with Crippen LogP contribution >= 0.6 is 0 Å². The average Bonchev–Trinajstić information content (AvgIpc) is 2.36. The van der Waals surface area contributed by atoms with E-state index in [1.807, 2.05) is 50.3 Å². The van der Waals surface area contributed by atoms with Gasteiger partial charge in [-0.25, -0.2) is 13.1 Å². The van der Waals surface area contributed by atoms with E-state index in [1.54, 1.807) is 0 Å². The molecule has 1 aromatic carbocycles. The van der Waals surface area contributed by atoms with E-state index in [2.05, 4.69) is 31.6 Å². The fourth-order valence-electron chi connectivity index (χ4n) is 2.13. The van der Waals surface area contributed by atoms with Gasteiger partial charge in [0.05, 0.1) is 11.3 Å². The Labute approximate surface area is 135 Å². The Hall–Kier alpha value is -1.13. The minimum atomic E-state index is -3.30. The Bertz CT molecular complexity index is 581. The summed E-state index contributed by atoms with van der Waals surface area (Å²) in [4.78, 5) is 0. The maximum absolute atomic E-state index is 12.2. The SMILES string of the molecule is CC(C)(C)C/C=C\CCS(=O)(=O)NC(C)(C)c1ccccc1. The van der Waals surface area contributed by atoms with Crippen LogP contribution in [0.3, 0.4) is 0 Å². The molecule has 0 aliphatic carbocycles. The number of benzene rings is 1. The van der Waals surface area contributed by atoms with Gasteiger partial charge in [0.25, 0.3) is 0 Å². The molecule has 0 saturated heterocycles. The topological polar surface area (TPSA) is 46.2 Å². The van der Waals surface area contributed by atoms with Crippen molar-refractivity contribution in [1.29, 1.82) is 0 Å². The Morgan fingerprint density at radius 3 is 2.14 bits per heavy atom. The third-order valence-corrected chi connectivity index (χ3v) is 4.95. The second kappa shape index (κ2) is 7.42. The van der Waals surface area contributed by atoms with Gasteiger partial charge in [0.2, 0.25) is 10.0 Å². The van der Waals surface area contributed by atoms with Gasteiger partial charge in [-0.2, -0.15) is 0 Å². The molecule has 0 bridgehead atoms. The number of sulfonamides is 1. The zero-order valence-corrected chi connectivity index (χ0v) is 15.2. The highest BCUT2D eigenvalue weighted by Crippen LogP contribution is 2.21. The highest BCUT2D eigenvalue weighted by molar-refractivity contribution is 7.89. The molecule has 124 valence electrons. The van der Waals surface area contributed by atoms with Gasteiger partial charge in [-0.1, -0.05) is 63.3 Å². The molecule has 22 heavy (non-hydrogen) atoms. The Balaban J connectivity index is 2.57. The molecule has 0 amide bonds. The molecule has 0 radical (unpaired) electrons. The Morgan fingerprint density at radius 1 is 1.00 bits per heavy atom. The summed E-state index contributed by atoms with van der Waals surface area (Å²) in [7, 11) is -3.30. The predicted octanol–water partition coefficient (Wildman–Crippen LogP) is 4.22. The average molecular weight is 324 g/mol. The molecule has 0 atom stereocenters. The zero-order chi connectivity index (χ0) is 16.9. The van der Waals surface area contributed by atoms with Crippen molar-refractivity contribution in [3.05, 3.63) is 48.0 Å². The minimum Gasteiger partial charge on any atom is -0.212 e. The summed E-state index contributed by atoms with van der Waals surface area (Å²) < 4.78 is 27.3. The van der Waals surface area contributed by atoms with E-state index in [-0.39, 0.29) is 11.2 Å². The quantitative estimate of drug-likeness (QED) is 0.764. The second-order valence-corrected chi connectivity index (χ2v) is 9.28. The van der Waals surface area contributed by atoms with Gasteiger partial charge in [0.15, 0.2) is 0 Å². The number of hydrogen-bond acceptors (Lipinski definition) is 2. The second-order valence-electron chi connectivity index (χ2n) is 7.44. The predicted molar refractivity (Wildman–Crippen MR) is 94.2 cm³/mol. The molecule has 1 rings (SSSR count). The maximum Gasteiger partial charge on any atom is 0.212 e. The summed E-state index contributed by atoms with van der Waals surface area (Å²) in [6, 6.07) is 9.63. The summed E-state index contributed by atoms with van der Waals surface area (Å²) in [5.74, 6) is 0.115. The number of allylic oxidation sites excluding steroid dienone is 2. The molecular weight excluding hydrogens is 294 g/mol. The lowest BCUT2D eigenvalue weighted by Gasteiger charge is -2.26. The van der Waals surface area contributed by atoms with Gasteiger partial charge in [-0.15, -0.1) is 0 Å². The summed E-state index contributed by atoms with van der Waals surface area (Å²) >= 11 is 0. The van der Waals surface area contributed by atoms with Gasteiger partial charge >= 0.3 is 0 Å². The monoisotopic (exact) mass is 323 g/mol. The summed E-state index contributed by atoms with van der Waals surface area (Å²) in [5.41, 5.74) is 0.597. The molecule has 3 nitrogen and oxygen atoms in total.